The molecular weight excluding hydrogens is 445 g/mol. The summed E-state index contributed by atoms with van der Waals surface area (Å²) >= 11 is 0. The highest BCUT2D eigenvalue weighted by molar-refractivity contribution is 7.90. The zero-order chi connectivity index (χ0) is 24.2. The van der Waals surface area contributed by atoms with Crippen molar-refractivity contribution >= 4 is 15.7 Å². The van der Waals surface area contributed by atoms with E-state index in [4.69, 9.17) is 4.74 Å². The van der Waals surface area contributed by atoms with Crippen LogP contribution in [-0.4, -0.2) is 48.0 Å². The van der Waals surface area contributed by atoms with Crippen molar-refractivity contribution in [1.82, 2.24) is 14.5 Å². The van der Waals surface area contributed by atoms with Crippen molar-refractivity contribution in [3.05, 3.63) is 47.5 Å². The molecule has 1 aromatic carbocycles. The molecule has 182 valence electrons. The summed E-state index contributed by atoms with van der Waals surface area (Å²) in [6.07, 6.45) is 3.22. The Labute approximate surface area is 195 Å². The van der Waals surface area contributed by atoms with E-state index >= 15 is 0 Å². The van der Waals surface area contributed by atoms with Gasteiger partial charge in [-0.15, -0.1) is 0 Å². The summed E-state index contributed by atoms with van der Waals surface area (Å²) in [6, 6.07) is 5.42. The number of carbonyl (C=O) groups excluding carboxylic acids is 1. The highest BCUT2D eigenvalue weighted by Crippen LogP contribution is 2.23. The van der Waals surface area contributed by atoms with Crippen LogP contribution < -0.4 is 0 Å². The Morgan fingerprint density at radius 3 is 2.52 bits per heavy atom. The highest BCUT2D eigenvalue weighted by Gasteiger charge is 2.29. The normalized spacial score (nSPS) is 16.6. The Kier molecular flexibility index (Phi) is 8.28. The van der Waals surface area contributed by atoms with E-state index in [0.717, 1.165) is 12.8 Å². The van der Waals surface area contributed by atoms with Gasteiger partial charge in [0.2, 0.25) is 20.9 Å². The summed E-state index contributed by atoms with van der Waals surface area (Å²) < 4.78 is 47.3. The molecule has 9 heteroatoms. The number of benzene rings is 1. The number of amides is 1. The molecule has 1 fully saturated rings. The number of hydrogen-bond acceptors (Lipinski definition) is 5. The van der Waals surface area contributed by atoms with Crippen LogP contribution in [0.5, 0.6) is 0 Å². The van der Waals surface area contributed by atoms with Crippen LogP contribution in [0.3, 0.4) is 0 Å². The summed E-state index contributed by atoms with van der Waals surface area (Å²) in [6.45, 7) is 9.67. The number of rotatable bonds is 10. The predicted molar refractivity (Wildman–Crippen MR) is 124 cm³/mol. The number of imidazole rings is 1. The average molecular weight is 480 g/mol. The quantitative estimate of drug-likeness (QED) is 0.518. The number of aromatic nitrogens is 2. The van der Waals surface area contributed by atoms with Crippen LogP contribution in [0, 0.1) is 17.7 Å². The zero-order valence-electron chi connectivity index (χ0n) is 19.8. The number of ether oxygens (including phenoxy) is 1. The van der Waals surface area contributed by atoms with E-state index in [1.807, 2.05) is 27.7 Å². The monoisotopic (exact) mass is 479 g/mol. The first-order valence-corrected chi connectivity index (χ1v) is 13.1. The minimum Gasteiger partial charge on any atom is -0.376 e. The maximum Gasteiger partial charge on any atom is 0.228 e. The van der Waals surface area contributed by atoms with Crippen LogP contribution in [0.25, 0.3) is 0 Å². The first-order valence-electron chi connectivity index (χ1n) is 11.5. The molecule has 1 atom stereocenters. The molecule has 1 aliphatic heterocycles. The van der Waals surface area contributed by atoms with Crippen LogP contribution in [-0.2, 0) is 38.2 Å². The Morgan fingerprint density at radius 2 is 1.94 bits per heavy atom. The van der Waals surface area contributed by atoms with Crippen molar-refractivity contribution in [2.75, 3.05) is 13.2 Å². The van der Waals surface area contributed by atoms with Crippen LogP contribution in [0.1, 0.15) is 51.8 Å². The standard InChI is InChI=1S/C24H34FN3O4S/c1-17(2)13-27(23(29)18(3)4)14-21-12-26-24(28(21)15-22-6-5-11-32-22)33(30,31)16-19-7-9-20(25)10-8-19/h7-10,12,17-18,22H,5-6,11,13-16H2,1-4H3/t22-/m1/s1. The Balaban J connectivity index is 1.95. The molecule has 0 aliphatic carbocycles. The lowest BCUT2D eigenvalue weighted by Gasteiger charge is -2.27. The van der Waals surface area contributed by atoms with Crippen molar-refractivity contribution in [3.63, 3.8) is 0 Å². The SMILES string of the molecule is CC(C)CN(Cc1cnc(S(=O)(=O)Cc2ccc(F)cc2)n1C[C@H]1CCCO1)C(=O)C(C)C. The number of carbonyl (C=O) groups is 1. The van der Waals surface area contributed by atoms with E-state index in [0.29, 0.717) is 31.0 Å². The first kappa shape index (κ1) is 25.4. The number of hydrogen-bond donors (Lipinski definition) is 0. The number of sulfone groups is 1. The van der Waals surface area contributed by atoms with Crippen LogP contribution in [0.2, 0.25) is 0 Å². The summed E-state index contributed by atoms with van der Waals surface area (Å²) in [5.41, 5.74) is 1.15. The molecule has 0 spiro atoms. The number of halogens is 1. The lowest BCUT2D eigenvalue weighted by atomic mass is 10.1. The van der Waals surface area contributed by atoms with Gasteiger partial charge >= 0.3 is 0 Å². The molecule has 7 nitrogen and oxygen atoms in total. The van der Waals surface area contributed by atoms with Crippen molar-refractivity contribution in [3.8, 4) is 0 Å². The second kappa shape index (κ2) is 10.8. The smallest absolute Gasteiger partial charge is 0.228 e. The lowest BCUT2D eigenvalue weighted by Crippen LogP contribution is -2.37. The van der Waals surface area contributed by atoms with E-state index in [1.54, 1.807) is 15.7 Å². The Morgan fingerprint density at radius 1 is 1.24 bits per heavy atom. The molecule has 33 heavy (non-hydrogen) atoms. The van der Waals surface area contributed by atoms with E-state index in [-0.39, 0.29) is 41.3 Å². The van der Waals surface area contributed by atoms with Gasteiger partial charge in [-0.3, -0.25) is 4.79 Å². The van der Waals surface area contributed by atoms with Gasteiger partial charge in [0, 0.05) is 19.1 Å². The van der Waals surface area contributed by atoms with E-state index < -0.39 is 15.7 Å². The average Bonchev–Trinajstić information content (AvgIpc) is 3.39. The minimum absolute atomic E-state index is 0.0179. The summed E-state index contributed by atoms with van der Waals surface area (Å²) in [4.78, 5) is 18.9. The van der Waals surface area contributed by atoms with E-state index in [9.17, 15) is 17.6 Å². The first-order chi connectivity index (χ1) is 15.6. The molecule has 1 amide bonds. The van der Waals surface area contributed by atoms with Gasteiger partial charge in [0.1, 0.15) is 5.82 Å². The van der Waals surface area contributed by atoms with Gasteiger partial charge < -0.3 is 14.2 Å². The van der Waals surface area contributed by atoms with E-state index in [1.165, 1.54) is 24.3 Å². The second-order valence-corrected chi connectivity index (χ2v) is 11.3. The van der Waals surface area contributed by atoms with Crippen LogP contribution in [0.4, 0.5) is 4.39 Å². The molecular formula is C24H34FN3O4S. The summed E-state index contributed by atoms with van der Waals surface area (Å²) in [7, 11) is -3.80. The zero-order valence-corrected chi connectivity index (χ0v) is 20.6. The molecule has 0 N–H and O–H groups in total. The largest absolute Gasteiger partial charge is 0.376 e. The van der Waals surface area contributed by atoms with Gasteiger partial charge in [-0.25, -0.2) is 17.8 Å². The Bertz CT molecular complexity index is 1040. The third-order valence-electron chi connectivity index (χ3n) is 5.60. The van der Waals surface area contributed by atoms with Crippen molar-refractivity contribution in [2.24, 2.45) is 11.8 Å². The highest BCUT2D eigenvalue weighted by atomic mass is 32.2. The number of nitrogens with zero attached hydrogens (tertiary/aromatic N) is 3. The fraction of sp³-hybridized carbons (Fsp3) is 0.583. The van der Waals surface area contributed by atoms with Crippen molar-refractivity contribution in [2.45, 2.75) is 70.6 Å². The summed E-state index contributed by atoms with van der Waals surface area (Å²) in [5.74, 6) is -0.581. The molecule has 0 bridgehead atoms. The molecule has 0 radical (unpaired) electrons. The second-order valence-electron chi connectivity index (χ2n) is 9.43. The molecule has 0 saturated carbocycles. The lowest BCUT2D eigenvalue weighted by molar-refractivity contribution is -0.135. The van der Waals surface area contributed by atoms with Gasteiger partial charge in [0.15, 0.2) is 0 Å². The molecule has 1 aromatic heterocycles. The topological polar surface area (TPSA) is 81.5 Å². The van der Waals surface area contributed by atoms with Crippen LogP contribution in [0.15, 0.2) is 35.6 Å². The fourth-order valence-corrected chi connectivity index (χ4v) is 5.55. The fourth-order valence-electron chi connectivity index (χ4n) is 4.05. The van der Waals surface area contributed by atoms with Crippen molar-refractivity contribution < 1.29 is 22.3 Å². The molecule has 1 saturated heterocycles. The van der Waals surface area contributed by atoms with Gasteiger partial charge in [-0.2, -0.15) is 0 Å². The summed E-state index contributed by atoms with van der Waals surface area (Å²) in [5, 5.41) is -0.0428. The molecule has 0 unspecified atom stereocenters. The predicted octanol–water partition coefficient (Wildman–Crippen LogP) is 3.82. The third-order valence-corrected chi connectivity index (χ3v) is 7.20. The van der Waals surface area contributed by atoms with Crippen molar-refractivity contribution in [1.29, 1.82) is 0 Å². The Hall–Kier alpha value is -2.26. The van der Waals surface area contributed by atoms with Gasteiger partial charge in [0.05, 0.1) is 36.8 Å². The minimum atomic E-state index is -3.80. The molecule has 2 heterocycles. The molecule has 2 aromatic rings. The van der Waals surface area contributed by atoms with Gasteiger partial charge in [0.25, 0.3) is 0 Å². The maximum absolute atomic E-state index is 13.3. The molecule has 3 rings (SSSR count). The van der Waals surface area contributed by atoms with Gasteiger partial charge in [-0.05, 0) is 36.5 Å². The van der Waals surface area contributed by atoms with Crippen LogP contribution >= 0.6 is 0 Å². The van der Waals surface area contributed by atoms with E-state index in [2.05, 4.69) is 4.98 Å². The third kappa shape index (κ3) is 6.63. The maximum atomic E-state index is 13.3. The van der Waals surface area contributed by atoms with Gasteiger partial charge in [-0.1, -0.05) is 39.8 Å². The molecule has 1 aliphatic rings.